The number of aromatic nitrogens is 2. The van der Waals surface area contributed by atoms with Crippen molar-refractivity contribution in [1.29, 1.82) is 0 Å². The zero-order chi connectivity index (χ0) is 16.9. The molecule has 0 N–H and O–H groups in total. The van der Waals surface area contributed by atoms with Gasteiger partial charge in [0.05, 0.1) is 5.56 Å². The summed E-state index contributed by atoms with van der Waals surface area (Å²) in [5.41, 5.74) is 1.64. The predicted molar refractivity (Wildman–Crippen MR) is 87.5 cm³/mol. The van der Waals surface area contributed by atoms with Crippen LogP contribution in [0.3, 0.4) is 0 Å². The summed E-state index contributed by atoms with van der Waals surface area (Å²) < 4.78 is 12.5. The standard InChI is InChI=1S/C18H16N2O4/c1-13(24-18(22)14-6-3-2-4-7-14)23-12-20-10-15(11-21)16-8-5-9-19-17(16)20/h2-11,13H,12H2,1H3. The van der Waals surface area contributed by atoms with Gasteiger partial charge in [0.2, 0.25) is 6.29 Å². The van der Waals surface area contributed by atoms with Crippen molar-refractivity contribution in [2.45, 2.75) is 19.9 Å². The quantitative estimate of drug-likeness (QED) is 0.396. The van der Waals surface area contributed by atoms with E-state index in [1.807, 2.05) is 12.1 Å². The summed E-state index contributed by atoms with van der Waals surface area (Å²) in [5.74, 6) is -0.452. The number of hydrogen-bond donors (Lipinski definition) is 0. The lowest BCUT2D eigenvalue weighted by atomic mass is 10.2. The molecule has 0 aliphatic carbocycles. The molecule has 6 nitrogen and oxygen atoms in total. The van der Waals surface area contributed by atoms with Crippen LogP contribution >= 0.6 is 0 Å². The van der Waals surface area contributed by atoms with E-state index in [1.54, 1.807) is 54.2 Å². The molecule has 2 heterocycles. The Morgan fingerprint density at radius 1 is 1.25 bits per heavy atom. The number of rotatable bonds is 6. The monoisotopic (exact) mass is 324 g/mol. The van der Waals surface area contributed by atoms with Gasteiger partial charge in [-0.3, -0.25) is 4.79 Å². The minimum Gasteiger partial charge on any atom is -0.432 e. The molecule has 0 spiro atoms. The third kappa shape index (κ3) is 3.33. The van der Waals surface area contributed by atoms with Crippen molar-refractivity contribution in [3.63, 3.8) is 0 Å². The first-order valence-electron chi connectivity index (χ1n) is 7.45. The molecule has 1 unspecified atom stereocenters. The van der Waals surface area contributed by atoms with Crippen molar-refractivity contribution >= 4 is 23.3 Å². The molecule has 3 rings (SSSR count). The van der Waals surface area contributed by atoms with Crippen molar-refractivity contribution in [2.75, 3.05) is 0 Å². The SMILES string of the molecule is CC(OCn1cc(C=O)c2cccnc21)OC(=O)c1ccccc1. The van der Waals surface area contributed by atoms with E-state index in [0.29, 0.717) is 16.8 Å². The zero-order valence-electron chi connectivity index (χ0n) is 13.1. The Morgan fingerprint density at radius 3 is 2.79 bits per heavy atom. The van der Waals surface area contributed by atoms with E-state index < -0.39 is 12.3 Å². The van der Waals surface area contributed by atoms with Gasteiger partial charge in [0.1, 0.15) is 12.4 Å². The maximum Gasteiger partial charge on any atom is 0.340 e. The summed E-state index contributed by atoms with van der Waals surface area (Å²) in [4.78, 5) is 27.3. The normalized spacial score (nSPS) is 12.0. The van der Waals surface area contributed by atoms with Gasteiger partial charge >= 0.3 is 5.97 Å². The van der Waals surface area contributed by atoms with Gasteiger partial charge in [-0.1, -0.05) is 18.2 Å². The van der Waals surface area contributed by atoms with Crippen LogP contribution < -0.4 is 0 Å². The first kappa shape index (κ1) is 15.9. The van der Waals surface area contributed by atoms with E-state index >= 15 is 0 Å². The van der Waals surface area contributed by atoms with Crippen molar-refractivity contribution in [3.05, 3.63) is 66.0 Å². The van der Waals surface area contributed by atoms with Crippen LogP contribution in [0.15, 0.2) is 54.9 Å². The summed E-state index contributed by atoms with van der Waals surface area (Å²) in [5, 5.41) is 0.755. The molecule has 1 atom stereocenters. The lowest BCUT2D eigenvalue weighted by molar-refractivity contribution is -0.120. The predicted octanol–water partition coefficient (Wildman–Crippen LogP) is 3.03. The number of hydrogen-bond acceptors (Lipinski definition) is 5. The molecule has 0 radical (unpaired) electrons. The smallest absolute Gasteiger partial charge is 0.340 e. The van der Waals surface area contributed by atoms with Gasteiger partial charge in [-0.15, -0.1) is 0 Å². The minimum atomic E-state index is -0.737. The van der Waals surface area contributed by atoms with Crippen LogP contribution in [-0.2, 0) is 16.2 Å². The number of aldehydes is 1. The van der Waals surface area contributed by atoms with E-state index in [2.05, 4.69) is 4.98 Å². The molecule has 0 saturated heterocycles. The number of ether oxygens (including phenoxy) is 2. The van der Waals surface area contributed by atoms with E-state index in [9.17, 15) is 9.59 Å². The van der Waals surface area contributed by atoms with E-state index in [1.165, 1.54) is 0 Å². The van der Waals surface area contributed by atoms with E-state index in [0.717, 1.165) is 11.7 Å². The molecule has 0 amide bonds. The Hall–Kier alpha value is -2.99. The molecule has 122 valence electrons. The van der Waals surface area contributed by atoms with Crippen LogP contribution in [0.2, 0.25) is 0 Å². The number of esters is 1. The second-order valence-corrected chi connectivity index (χ2v) is 5.18. The first-order chi connectivity index (χ1) is 11.7. The number of carbonyl (C=O) groups excluding carboxylic acids is 2. The maximum atomic E-state index is 12.0. The van der Waals surface area contributed by atoms with Gasteiger partial charge in [0.15, 0.2) is 6.29 Å². The Bertz CT molecular complexity index is 858. The Labute approximate surface area is 138 Å². The minimum absolute atomic E-state index is 0.116. The molecule has 0 aliphatic rings. The summed E-state index contributed by atoms with van der Waals surface area (Å²) in [7, 11) is 0. The number of benzene rings is 1. The molecule has 3 aromatic rings. The third-order valence-corrected chi connectivity index (χ3v) is 3.52. The summed E-state index contributed by atoms with van der Waals surface area (Å²) in [6.45, 7) is 1.76. The molecular formula is C18H16N2O4. The third-order valence-electron chi connectivity index (χ3n) is 3.52. The highest BCUT2D eigenvalue weighted by Crippen LogP contribution is 2.18. The highest BCUT2D eigenvalue weighted by atomic mass is 16.7. The lowest BCUT2D eigenvalue weighted by Gasteiger charge is -2.15. The van der Waals surface area contributed by atoms with Gasteiger partial charge in [-0.05, 0) is 31.2 Å². The largest absolute Gasteiger partial charge is 0.432 e. The molecule has 1 aromatic carbocycles. The van der Waals surface area contributed by atoms with Crippen LogP contribution in [0.4, 0.5) is 0 Å². The molecule has 24 heavy (non-hydrogen) atoms. The maximum absolute atomic E-state index is 12.0. The Balaban J connectivity index is 1.65. The van der Waals surface area contributed by atoms with E-state index in [4.69, 9.17) is 9.47 Å². The number of fused-ring (bicyclic) bond motifs is 1. The van der Waals surface area contributed by atoms with Crippen molar-refractivity contribution < 1.29 is 19.1 Å². The number of carbonyl (C=O) groups is 2. The van der Waals surface area contributed by atoms with Gasteiger partial charge in [-0.25, -0.2) is 9.78 Å². The fourth-order valence-electron chi connectivity index (χ4n) is 2.35. The van der Waals surface area contributed by atoms with Crippen LogP contribution in [0.1, 0.15) is 27.6 Å². The molecular weight excluding hydrogens is 308 g/mol. The molecule has 2 aromatic heterocycles. The van der Waals surface area contributed by atoms with Crippen molar-refractivity contribution in [3.8, 4) is 0 Å². The highest BCUT2D eigenvalue weighted by molar-refractivity contribution is 5.95. The van der Waals surface area contributed by atoms with Crippen LogP contribution in [0.5, 0.6) is 0 Å². The molecule has 0 aliphatic heterocycles. The van der Waals surface area contributed by atoms with Crippen LogP contribution in [0, 0.1) is 0 Å². The average Bonchev–Trinajstić information content (AvgIpc) is 2.99. The lowest BCUT2D eigenvalue weighted by Crippen LogP contribution is -2.19. The van der Waals surface area contributed by atoms with Crippen LogP contribution in [-0.4, -0.2) is 28.1 Å². The topological polar surface area (TPSA) is 70.4 Å². The van der Waals surface area contributed by atoms with Crippen molar-refractivity contribution in [1.82, 2.24) is 9.55 Å². The Morgan fingerprint density at radius 2 is 2.04 bits per heavy atom. The second kappa shape index (κ2) is 7.06. The fourth-order valence-corrected chi connectivity index (χ4v) is 2.35. The molecule has 6 heteroatoms. The number of pyridine rings is 1. The van der Waals surface area contributed by atoms with Gasteiger partial charge in [-0.2, -0.15) is 0 Å². The zero-order valence-corrected chi connectivity index (χ0v) is 13.1. The summed E-state index contributed by atoms with van der Waals surface area (Å²) in [6, 6.07) is 12.3. The second-order valence-electron chi connectivity index (χ2n) is 5.18. The summed E-state index contributed by atoms with van der Waals surface area (Å²) >= 11 is 0. The van der Waals surface area contributed by atoms with Crippen molar-refractivity contribution in [2.24, 2.45) is 0 Å². The fraction of sp³-hybridized carbons (Fsp3) is 0.167. The molecule has 0 bridgehead atoms. The average molecular weight is 324 g/mol. The van der Waals surface area contributed by atoms with Gasteiger partial charge < -0.3 is 14.0 Å². The first-order valence-corrected chi connectivity index (χ1v) is 7.45. The van der Waals surface area contributed by atoms with Crippen LogP contribution in [0.25, 0.3) is 11.0 Å². The molecule has 0 saturated carbocycles. The Kier molecular flexibility index (Phi) is 4.67. The number of nitrogens with zero attached hydrogens (tertiary/aromatic N) is 2. The summed E-state index contributed by atoms with van der Waals surface area (Å²) in [6.07, 6.45) is 3.35. The highest BCUT2D eigenvalue weighted by Gasteiger charge is 2.13. The van der Waals surface area contributed by atoms with Gasteiger partial charge in [0, 0.05) is 23.3 Å². The van der Waals surface area contributed by atoms with E-state index in [-0.39, 0.29) is 6.73 Å². The van der Waals surface area contributed by atoms with Gasteiger partial charge in [0.25, 0.3) is 0 Å². The molecule has 0 fully saturated rings.